The first kappa shape index (κ1) is 14.2. The number of allylic oxidation sites excluding steroid dienone is 1. The zero-order chi connectivity index (χ0) is 11.7. The van der Waals surface area contributed by atoms with Gasteiger partial charge in [0.1, 0.15) is 0 Å². The van der Waals surface area contributed by atoms with E-state index >= 15 is 0 Å². The van der Waals surface area contributed by atoms with Gasteiger partial charge in [-0.3, -0.25) is 4.79 Å². The second-order valence-electron chi connectivity index (χ2n) is 4.13. The van der Waals surface area contributed by atoms with Crippen LogP contribution in [0.1, 0.15) is 40.0 Å². The van der Waals surface area contributed by atoms with Crippen LogP contribution in [0.4, 0.5) is 0 Å². The van der Waals surface area contributed by atoms with Crippen molar-refractivity contribution in [1.29, 1.82) is 0 Å². The monoisotopic (exact) mass is 214 g/mol. The summed E-state index contributed by atoms with van der Waals surface area (Å²) in [6.45, 7) is 6.21. The number of aliphatic hydroxyl groups excluding tert-OH is 1. The lowest BCUT2D eigenvalue weighted by Crippen LogP contribution is -2.26. The molecular formula is C12H22O3. The van der Waals surface area contributed by atoms with Gasteiger partial charge in [-0.25, -0.2) is 0 Å². The maximum absolute atomic E-state index is 11.5. The Morgan fingerprint density at radius 1 is 1.33 bits per heavy atom. The quantitative estimate of drug-likeness (QED) is 0.522. The number of hydrogen-bond donors (Lipinski definition) is 1. The van der Waals surface area contributed by atoms with E-state index in [2.05, 4.69) is 0 Å². The summed E-state index contributed by atoms with van der Waals surface area (Å²) in [5.74, 6) is -0.138. The fourth-order valence-corrected chi connectivity index (χ4v) is 1.18. The van der Waals surface area contributed by atoms with Crippen LogP contribution in [0.5, 0.6) is 0 Å². The molecule has 0 aromatic heterocycles. The van der Waals surface area contributed by atoms with Crippen LogP contribution in [0.3, 0.4) is 0 Å². The molecule has 0 radical (unpaired) electrons. The summed E-state index contributed by atoms with van der Waals surface area (Å²) in [4.78, 5) is 11.5. The van der Waals surface area contributed by atoms with Gasteiger partial charge in [0, 0.05) is 6.61 Å². The first-order valence-electron chi connectivity index (χ1n) is 5.47. The van der Waals surface area contributed by atoms with Gasteiger partial charge in [-0.15, -0.1) is 0 Å². The third-order valence-electron chi connectivity index (χ3n) is 2.23. The Kier molecular flexibility index (Phi) is 7.05. The number of ether oxygens (including phenoxy) is 1. The van der Waals surface area contributed by atoms with E-state index in [0.717, 1.165) is 12.8 Å². The molecule has 0 aliphatic rings. The molecule has 0 aromatic carbocycles. The van der Waals surface area contributed by atoms with Crippen LogP contribution in [-0.2, 0) is 9.53 Å². The normalized spacial score (nSPS) is 12.0. The molecule has 3 nitrogen and oxygen atoms in total. The molecule has 0 amide bonds. The Labute approximate surface area is 92.1 Å². The van der Waals surface area contributed by atoms with Crippen molar-refractivity contribution in [3.63, 3.8) is 0 Å². The smallest absolute Gasteiger partial charge is 0.311 e. The lowest BCUT2D eigenvalue weighted by molar-refractivity contribution is -0.153. The van der Waals surface area contributed by atoms with Crippen molar-refractivity contribution in [2.45, 2.75) is 40.0 Å². The molecule has 0 unspecified atom stereocenters. The van der Waals surface area contributed by atoms with Gasteiger partial charge in [0.05, 0.1) is 12.0 Å². The van der Waals surface area contributed by atoms with Crippen LogP contribution in [0.2, 0.25) is 0 Å². The maximum Gasteiger partial charge on any atom is 0.311 e. The summed E-state index contributed by atoms with van der Waals surface area (Å²) in [5.41, 5.74) is -0.417. The van der Waals surface area contributed by atoms with Gasteiger partial charge in [-0.05, 0) is 40.0 Å². The van der Waals surface area contributed by atoms with E-state index in [9.17, 15) is 4.79 Å². The molecular weight excluding hydrogens is 192 g/mol. The van der Waals surface area contributed by atoms with Gasteiger partial charge >= 0.3 is 5.97 Å². The molecule has 0 bridgehead atoms. The number of hydrogen-bond acceptors (Lipinski definition) is 3. The fourth-order valence-electron chi connectivity index (χ4n) is 1.18. The molecule has 0 aromatic rings. The van der Waals surface area contributed by atoms with Crippen LogP contribution in [0.25, 0.3) is 0 Å². The van der Waals surface area contributed by atoms with Crippen LogP contribution in [0.15, 0.2) is 12.2 Å². The van der Waals surface area contributed by atoms with E-state index in [-0.39, 0.29) is 12.6 Å². The average Bonchev–Trinajstić information content (AvgIpc) is 2.18. The highest BCUT2D eigenvalue weighted by atomic mass is 16.5. The highest BCUT2D eigenvalue weighted by molar-refractivity contribution is 5.75. The Morgan fingerprint density at radius 3 is 2.47 bits per heavy atom. The van der Waals surface area contributed by atoms with E-state index in [1.54, 1.807) is 0 Å². The van der Waals surface area contributed by atoms with Crippen LogP contribution >= 0.6 is 0 Å². The van der Waals surface area contributed by atoms with Crippen LogP contribution in [0, 0.1) is 5.41 Å². The minimum Gasteiger partial charge on any atom is -0.466 e. The highest BCUT2D eigenvalue weighted by Gasteiger charge is 2.27. The standard InChI is InChI=1S/C12H22O3/c1-4-15-11(14)12(2,3)9-7-5-6-8-10-13/h5-6,13H,4,7-10H2,1-3H3. The van der Waals surface area contributed by atoms with Gasteiger partial charge < -0.3 is 9.84 Å². The summed E-state index contributed by atoms with van der Waals surface area (Å²) in [6.07, 6.45) is 6.22. The molecule has 0 saturated carbocycles. The number of carbonyl (C=O) groups is 1. The maximum atomic E-state index is 11.5. The molecule has 0 aliphatic carbocycles. The number of esters is 1. The van der Waals surface area contributed by atoms with Crippen molar-refractivity contribution in [3.05, 3.63) is 12.2 Å². The fraction of sp³-hybridized carbons (Fsp3) is 0.750. The van der Waals surface area contributed by atoms with Crippen molar-refractivity contribution in [1.82, 2.24) is 0 Å². The summed E-state index contributed by atoms with van der Waals surface area (Å²) >= 11 is 0. The van der Waals surface area contributed by atoms with Crippen molar-refractivity contribution in [3.8, 4) is 0 Å². The second-order valence-corrected chi connectivity index (χ2v) is 4.13. The first-order chi connectivity index (χ1) is 7.04. The van der Waals surface area contributed by atoms with Crippen molar-refractivity contribution >= 4 is 5.97 Å². The van der Waals surface area contributed by atoms with E-state index < -0.39 is 5.41 Å². The lowest BCUT2D eigenvalue weighted by Gasteiger charge is -2.21. The van der Waals surface area contributed by atoms with E-state index in [1.165, 1.54) is 0 Å². The molecule has 1 N–H and O–H groups in total. The van der Waals surface area contributed by atoms with Gasteiger partial charge in [-0.1, -0.05) is 12.2 Å². The Balaban J connectivity index is 3.87. The Morgan fingerprint density at radius 2 is 1.93 bits per heavy atom. The van der Waals surface area contributed by atoms with Crippen molar-refractivity contribution in [2.24, 2.45) is 5.41 Å². The van der Waals surface area contributed by atoms with Crippen molar-refractivity contribution < 1.29 is 14.6 Å². The molecule has 0 rings (SSSR count). The number of carbonyl (C=O) groups excluding carboxylic acids is 1. The van der Waals surface area contributed by atoms with Gasteiger partial charge in [0.25, 0.3) is 0 Å². The molecule has 0 heterocycles. The SMILES string of the molecule is CCOC(=O)C(C)(C)CCC=CCCO. The molecule has 15 heavy (non-hydrogen) atoms. The third-order valence-corrected chi connectivity index (χ3v) is 2.23. The molecule has 0 aliphatic heterocycles. The molecule has 3 heteroatoms. The Bertz CT molecular complexity index is 207. The largest absolute Gasteiger partial charge is 0.466 e. The minimum atomic E-state index is -0.417. The summed E-state index contributed by atoms with van der Waals surface area (Å²) < 4.78 is 4.98. The molecule has 0 fully saturated rings. The Hall–Kier alpha value is -0.830. The second kappa shape index (κ2) is 7.46. The highest BCUT2D eigenvalue weighted by Crippen LogP contribution is 2.24. The summed E-state index contributed by atoms with van der Waals surface area (Å²) in [7, 11) is 0. The minimum absolute atomic E-state index is 0.138. The summed E-state index contributed by atoms with van der Waals surface area (Å²) in [5, 5.41) is 8.56. The predicted molar refractivity (Wildman–Crippen MR) is 60.5 cm³/mol. The van der Waals surface area contributed by atoms with Gasteiger partial charge in [-0.2, -0.15) is 0 Å². The molecule has 88 valence electrons. The van der Waals surface area contributed by atoms with Crippen LogP contribution in [-0.4, -0.2) is 24.3 Å². The van der Waals surface area contributed by atoms with E-state index in [4.69, 9.17) is 9.84 Å². The van der Waals surface area contributed by atoms with E-state index in [1.807, 2.05) is 32.9 Å². The van der Waals surface area contributed by atoms with Gasteiger partial charge in [0.2, 0.25) is 0 Å². The van der Waals surface area contributed by atoms with E-state index in [0.29, 0.717) is 13.0 Å². The average molecular weight is 214 g/mol. The lowest BCUT2D eigenvalue weighted by atomic mass is 9.88. The first-order valence-corrected chi connectivity index (χ1v) is 5.47. The topological polar surface area (TPSA) is 46.5 Å². The van der Waals surface area contributed by atoms with Crippen molar-refractivity contribution in [2.75, 3.05) is 13.2 Å². The van der Waals surface area contributed by atoms with Gasteiger partial charge in [0.15, 0.2) is 0 Å². The molecule has 0 atom stereocenters. The molecule has 0 saturated heterocycles. The van der Waals surface area contributed by atoms with Crippen LogP contribution < -0.4 is 0 Å². The number of aliphatic hydroxyl groups is 1. The summed E-state index contributed by atoms with van der Waals surface area (Å²) in [6, 6.07) is 0. The zero-order valence-corrected chi connectivity index (χ0v) is 9.95. The predicted octanol–water partition coefficient (Wildman–Crippen LogP) is 2.29. The third kappa shape index (κ3) is 6.28. The molecule has 0 spiro atoms. The zero-order valence-electron chi connectivity index (χ0n) is 9.95. The number of rotatable bonds is 7.